The number of nitrogens with one attached hydrogen (secondary N) is 1. The van der Waals surface area contributed by atoms with E-state index in [-0.39, 0.29) is 5.82 Å². The van der Waals surface area contributed by atoms with Gasteiger partial charge >= 0.3 is 0 Å². The van der Waals surface area contributed by atoms with Gasteiger partial charge in [-0.2, -0.15) is 0 Å². The van der Waals surface area contributed by atoms with Crippen LogP contribution in [0.3, 0.4) is 0 Å². The number of likely N-dealkylation sites (N-methyl/N-ethyl adjacent to an activating group) is 1. The van der Waals surface area contributed by atoms with Crippen molar-refractivity contribution in [2.24, 2.45) is 0 Å². The van der Waals surface area contributed by atoms with Crippen LogP contribution < -0.4 is 5.32 Å². The molecule has 2 nitrogen and oxygen atoms in total. The SMILES string of the molecule is C[C](C)c1cc(F)cc(CNCC2CCCCN2C)c1. The summed E-state index contributed by atoms with van der Waals surface area (Å²) in [6.45, 7) is 6.95. The van der Waals surface area contributed by atoms with Gasteiger partial charge in [-0.05, 0) is 55.6 Å². The lowest BCUT2D eigenvalue weighted by atomic mass is 10.00. The molecule has 1 fully saturated rings. The number of hydrogen-bond donors (Lipinski definition) is 1. The van der Waals surface area contributed by atoms with E-state index in [4.69, 9.17) is 0 Å². The Morgan fingerprint density at radius 1 is 1.30 bits per heavy atom. The molecule has 111 valence electrons. The van der Waals surface area contributed by atoms with Gasteiger partial charge in [-0.1, -0.05) is 26.3 Å². The Labute approximate surface area is 122 Å². The second-order valence-electron chi connectivity index (χ2n) is 6.11. The van der Waals surface area contributed by atoms with Crippen LogP contribution in [0.15, 0.2) is 18.2 Å². The molecule has 1 atom stereocenters. The van der Waals surface area contributed by atoms with Gasteiger partial charge in [0.05, 0.1) is 0 Å². The normalized spacial score (nSPS) is 20.6. The molecule has 0 saturated carbocycles. The Kier molecular flexibility index (Phi) is 5.55. The predicted molar refractivity (Wildman–Crippen MR) is 82.1 cm³/mol. The molecule has 0 aliphatic carbocycles. The number of rotatable bonds is 5. The molecule has 1 N–H and O–H groups in total. The van der Waals surface area contributed by atoms with Crippen molar-refractivity contribution in [1.82, 2.24) is 10.2 Å². The summed E-state index contributed by atoms with van der Waals surface area (Å²) in [4.78, 5) is 2.43. The summed E-state index contributed by atoms with van der Waals surface area (Å²) >= 11 is 0. The number of halogens is 1. The third-order valence-electron chi connectivity index (χ3n) is 4.17. The second-order valence-corrected chi connectivity index (χ2v) is 6.11. The molecule has 1 aliphatic heterocycles. The van der Waals surface area contributed by atoms with E-state index in [1.165, 1.54) is 25.8 Å². The van der Waals surface area contributed by atoms with Gasteiger partial charge in [0.2, 0.25) is 0 Å². The van der Waals surface area contributed by atoms with Gasteiger partial charge in [0.15, 0.2) is 0 Å². The Balaban J connectivity index is 1.87. The molecule has 3 heteroatoms. The molecule has 20 heavy (non-hydrogen) atoms. The standard InChI is InChI=1S/C17H26FN2/c1-13(2)15-8-14(9-16(18)10-15)11-19-12-17-6-4-5-7-20(17)3/h8-10,17,19H,4-7,11-12H2,1-3H3. The first-order valence-electron chi connectivity index (χ1n) is 7.57. The Bertz CT molecular complexity index is 431. The van der Waals surface area contributed by atoms with Crippen LogP contribution in [-0.2, 0) is 6.54 Å². The van der Waals surface area contributed by atoms with Gasteiger partial charge in [0.1, 0.15) is 5.82 Å². The van der Waals surface area contributed by atoms with E-state index in [2.05, 4.69) is 23.3 Å². The Hall–Kier alpha value is -0.930. The van der Waals surface area contributed by atoms with Crippen molar-refractivity contribution < 1.29 is 4.39 Å². The zero-order chi connectivity index (χ0) is 14.5. The van der Waals surface area contributed by atoms with Crippen LogP contribution in [0.1, 0.15) is 44.2 Å². The van der Waals surface area contributed by atoms with Crippen molar-refractivity contribution in [3.05, 3.63) is 41.1 Å². The van der Waals surface area contributed by atoms with E-state index >= 15 is 0 Å². The molecule has 0 spiro atoms. The zero-order valence-electron chi connectivity index (χ0n) is 12.9. The van der Waals surface area contributed by atoms with E-state index in [1.807, 2.05) is 13.8 Å². The first-order chi connectivity index (χ1) is 9.56. The molecule has 2 rings (SSSR count). The predicted octanol–water partition coefficient (Wildman–Crippen LogP) is 3.36. The zero-order valence-corrected chi connectivity index (χ0v) is 12.9. The van der Waals surface area contributed by atoms with Gasteiger partial charge in [-0.25, -0.2) is 4.39 Å². The lowest BCUT2D eigenvalue weighted by molar-refractivity contribution is 0.181. The van der Waals surface area contributed by atoms with Gasteiger partial charge < -0.3 is 10.2 Å². The van der Waals surface area contributed by atoms with Crippen molar-refractivity contribution in [2.45, 2.75) is 45.7 Å². The molecule has 1 heterocycles. The molecule has 1 aliphatic rings. The monoisotopic (exact) mass is 277 g/mol. The smallest absolute Gasteiger partial charge is 0.123 e. The largest absolute Gasteiger partial charge is 0.311 e. The number of piperidine rings is 1. The van der Waals surface area contributed by atoms with Crippen molar-refractivity contribution in [3.63, 3.8) is 0 Å². The van der Waals surface area contributed by atoms with Gasteiger partial charge in [-0.3, -0.25) is 0 Å². The van der Waals surface area contributed by atoms with E-state index in [9.17, 15) is 4.39 Å². The maximum atomic E-state index is 13.6. The van der Waals surface area contributed by atoms with Gasteiger partial charge in [0.25, 0.3) is 0 Å². The topological polar surface area (TPSA) is 15.3 Å². The van der Waals surface area contributed by atoms with E-state index in [0.717, 1.165) is 30.1 Å². The molecule has 1 radical (unpaired) electrons. The summed E-state index contributed by atoms with van der Waals surface area (Å²) in [7, 11) is 2.20. The van der Waals surface area contributed by atoms with Crippen molar-refractivity contribution in [3.8, 4) is 0 Å². The lowest BCUT2D eigenvalue weighted by Gasteiger charge is -2.32. The minimum absolute atomic E-state index is 0.143. The van der Waals surface area contributed by atoms with Crippen LogP contribution in [0.25, 0.3) is 0 Å². The fourth-order valence-corrected chi connectivity index (χ4v) is 2.83. The minimum atomic E-state index is -0.143. The van der Waals surface area contributed by atoms with Crippen molar-refractivity contribution in [2.75, 3.05) is 20.1 Å². The Morgan fingerprint density at radius 2 is 2.10 bits per heavy atom. The Morgan fingerprint density at radius 3 is 2.80 bits per heavy atom. The molecule has 1 unspecified atom stereocenters. The van der Waals surface area contributed by atoms with Gasteiger partial charge in [0, 0.05) is 19.1 Å². The number of hydrogen-bond acceptors (Lipinski definition) is 2. The van der Waals surface area contributed by atoms with E-state index < -0.39 is 0 Å². The fourth-order valence-electron chi connectivity index (χ4n) is 2.83. The minimum Gasteiger partial charge on any atom is -0.311 e. The molecule has 1 aromatic rings. The average molecular weight is 277 g/mol. The van der Waals surface area contributed by atoms with E-state index in [1.54, 1.807) is 12.1 Å². The quantitative estimate of drug-likeness (QED) is 0.888. The highest BCUT2D eigenvalue weighted by Crippen LogP contribution is 2.18. The average Bonchev–Trinajstić information content (AvgIpc) is 2.40. The summed E-state index contributed by atoms with van der Waals surface area (Å²) in [5, 5.41) is 3.48. The third kappa shape index (κ3) is 4.29. The third-order valence-corrected chi connectivity index (χ3v) is 4.17. The number of likely N-dealkylation sites (tertiary alicyclic amines) is 1. The highest BCUT2D eigenvalue weighted by molar-refractivity contribution is 5.33. The molecule has 1 saturated heterocycles. The molecular formula is C17H26FN2. The van der Waals surface area contributed by atoms with Crippen molar-refractivity contribution >= 4 is 0 Å². The number of nitrogens with zero attached hydrogens (tertiary/aromatic N) is 1. The van der Waals surface area contributed by atoms with Crippen molar-refractivity contribution in [1.29, 1.82) is 0 Å². The molecule has 0 aromatic heterocycles. The molecule has 0 amide bonds. The van der Waals surface area contributed by atoms with Crippen LogP contribution in [0.4, 0.5) is 4.39 Å². The lowest BCUT2D eigenvalue weighted by Crippen LogP contribution is -2.42. The maximum Gasteiger partial charge on any atom is 0.123 e. The van der Waals surface area contributed by atoms with Crippen LogP contribution in [0.5, 0.6) is 0 Å². The van der Waals surface area contributed by atoms with Crippen LogP contribution in [-0.4, -0.2) is 31.1 Å². The molecular weight excluding hydrogens is 251 g/mol. The second kappa shape index (κ2) is 7.19. The molecule has 1 aromatic carbocycles. The van der Waals surface area contributed by atoms with Crippen LogP contribution >= 0.6 is 0 Å². The van der Waals surface area contributed by atoms with Gasteiger partial charge in [-0.15, -0.1) is 0 Å². The highest BCUT2D eigenvalue weighted by atomic mass is 19.1. The fraction of sp³-hybridized carbons (Fsp3) is 0.588. The number of benzene rings is 1. The summed E-state index contributed by atoms with van der Waals surface area (Å²) < 4.78 is 13.6. The van der Waals surface area contributed by atoms with Crippen LogP contribution in [0, 0.1) is 11.7 Å². The first kappa shape index (κ1) is 15.5. The highest BCUT2D eigenvalue weighted by Gasteiger charge is 2.18. The summed E-state index contributed by atoms with van der Waals surface area (Å²) in [6.07, 6.45) is 3.90. The van der Waals surface area contributed by atoms with Crippen LogP contribution in [0.2, 0.25) is 0 Å². The summed E-state index contributed by atoms with van der Waals surface area (Å²) in [5.41, 5.74) is 2.02. The van der Waals surface area contributed by atoms with E-state index in [0.29, 0.717) is 6.04 Å². The maximum absolute atomic E-state index is 13.6. The first-order valence-corrected chi connectivity index (χ1v) is 7.57. The molecule has 0 bridgehead atoms. The summed E-state index contributed by atoms with van der Waals surface area (Å²) in [5.74, 6) is 1.01. The summed E-state index contributed by atoms with van der Waals surface area (Å²) in [6, 6.07) is 5.93.